The molecule has 1 N–H and O–H groups in total. The summed E-state index contributed by atoms with van der Waals surface area (Å²) < 4.78 is 10.6. The fourth-order valence-corrected chi connectivity index (χ4v) is 4.11. The summed E-state index contributed by atoms with van der Waals surface area (Å²) in [5.74, 6) is 0.883. The number of hydrogen-bond acceptors (Lipinski definition) is 4. The molecular weight excluding hydrogens is 344 g/mol. The Morgan fingerprint density at radius 1 is 1.26 bits per heavy atom. The smallest absolute Gasteiger partial charge is 0.410 e. The van der Waals surface area contributed by atoms with E-state index in [4.69, 9.17) is 9.47 Å². The van der Waals surface area contributed by atoms with Crippen molar-refractivity contribution in [3.63, 3.8) is 0 Å². The molecule has 3 aromatic rings. The highest BCUT2D eigenvalue weighted by atomic mass is 16.5. The van der Waals surface area contributed by atoms with Crippen LogP contribution in [0.25, 0.3) is 10.9 Å². The number of rotatable bonds is 1. The lowest BCUT2D eigenvalue weighted by molar-refractivity contribution is 0.115. The Morgan fingerprint density at radius 3 is 2.96 bits per heavy atom. The van der Waals surface area contributed by atoms with Crippen LogP contribution in [0.4, 0.5) is 4.79 Å². The van der Waals surface area contributed by atoms with E-state index in [9.17, 15) is 9.59 Å². The van der Waals surface area contributed by atoms with Crippen LogP contribution in [0, 0.1) is 0 Å². The third-order valence-corrected chi connectivity index (χ3v) is 5.39. The van der Waals surface area contributed by atoms with Crippen molar-refractivity contribution in [2.75, 3.05) is 13.7 Å². The van der Waals surface area contributed by atoms with Gasteiger partial charge in [-0.2, -0.15) is 0 Å². The van der Waals surface area contributed by atoms with Gasteiger partial charge < -0.3 is 14.5 Å². The number of para-hydroxylation sites is 1. The normalized spacial score (nSPS) is 17.5. The molecule has 3 heterocycles. The van der Waals surface area contributed by atoms with Gasteiger partial charge in [0.05, 0.1) is 26.0 Å². The Morgan fingerprint density at radius 2 is 2.11 bits per heavy atom. The van der Waals surface area contributed by atoms with Crippen molar-refractivity contribution in [1.29, 1.82) is 0 Å². The van der Waals surface area contributed by atoms with Crippen LogP contribution in [-0.4, -0.2) is 29.7 Å². The number of benzene rings is 2. The topological polar surface area (TPSA) is 71.6 Å². The number of fused-ring (bicyclic) bond motifs is 3. The molecule has 0 fully saturated rings. The molecule has 0 aliphatic carbocycles. The summed E-state index contributed by atoms with van der Waals surface area (Å²) in [6.45, 7) is 0.892. The van der Waals surface area contributed by atoms with E-state index in [0.29, 0.717) is 17.6 Å². The molecular formula is C21H18N2O4. The van der Waals surface area contributed by atoms with E-state index >= 15 is 0 Å². The second kappa shape index (κ2) is 5.87. The molecule has 136 valence electrons. The predicted octanol–water partition coefficient (Wildman–Crippen LogP) is 3.13. The predicted molar refractivity (Wildman–Crippen MR) is 100 cm³/mol. The molecule has 5 rings (SSSR count). The van der Waals surface area contributed by atoms with Crippen molar-refractivity contribution in [1.82, 2.24) is 9.88 Å². The number of H-pyrrole nitrogens is 1. The summed E-state index contributed by atoms with van der Waals surface area (Å²) in [6.07, 6.45) is 0.389. The molecule has 6 nitrogen and oxygen atoms in total. The molecule has 0 saturated heterocycles. The first kappa shape index (κ1) is 15.9. The molecule has 1 atom stereocenters. The van der Waals surface area contributed by atoms with Crippen LogP contribution >= 0.6 is 0 Å². The molecule has 0 radical (unpaired) electrons. The monoisotopic (exact) mass is 362 g/mol. The number of carbonyl (C=O) groups is 1. The lowest BCUT2D eigenvalue weighted by Crippen LogP contribution is -2.30. The van der Waals surface area contributed by atoms with Gasteiger partial charge in [-0.05, 0) is 35.4 Å². The molecule has 1 amide bonds. The average Bonchev–Trinajstić information content (AvgIpc) is 3.31. The van der Waals surface area contributed by atoms with Crippen molar-refractivity contribution >= 4 is 17.0 Å². The van der Waals surface area contributed by atoms with Crippen molar-refractivity contribution in [3.05, 3.63) is 75.1 Å². The number of hydrogen-bond donors (Lipinski definition) is 1. The summed E-state index contributed by atoms with van der Waals surface area (Å²) in [6, 6.07) is 13.0. The number of pyridine rings is 1. The van der Waals surface area contributed by atoms with Gasteiger partial charge in [0.15, 0.2) is 5.43 Å². The Balaban J connectivity index is 1.73. The van der Waals surface area contributed by atoms with Gasteiger partial charge in [-0.1, -0.05) is 18.2 Å². The van der Waals surface area contributed by atoms with Gasteiger partial charge in [0.1, 0.15) is 11.8 Å². The summed E-state index contributed by atoms with van der Waals surface area (Å²) in [7, 11) is 1.36. The number of methoxy groups -OCH3 is 1. The molecule has 0 bridgehead atoms. The lowest BCUT2D eigenvalue weighted by atomic mass is 9.98. The summed E-state index contributed by atoms with van der Waals surface area (Å²) in [4.78, 5) is 30.5. The minimum atomic E-state index is -0.454. The molecule has 0 spiro atoms. The van der Waals surface area contributed by atoms with Crippen molar-refractivity contribution in [2.24, 2.45) is 0 Å². The van der Waals surface area contributed by atoms with E-state index < -0.39 is 12.1 Å². The standard InChI is InChI=1S/C21H18N2O4/c1-26-21(25)23-11-15-18(22-16-5-3-2-4-14(16)20(15)24)19(23)13-6-7-17-12(10-13)8-9-27-17/h2-7,10,19H,8-9,11H2,1H3,(H,22,24). The number of carbonyl (C=O) groups excluding carboxylic acids is 1. The Bertz CT molecular complexity index is 1130. The van der Waals surface area contributed by atoms with Gasteiger partial charge in [-0.25, -0.2) is 4.79 Å². The molecule has 2 aliphatic heterocycles. The number of aromatic nitrogens is 1. The first-order valence-electron chi connectivity index (χ1n) is 8.91. The first-order valence-corrected chi connectivity index (χ1v) is 8.91. The van der Waals surface area contributed by atoms with Crippen LogP contribution in [0.2, 0.25) is 0 Å². The minimum absolute atomic E-state index is 0.0414. The number of aromatic amines is 1. The van der Waals surface area contributed by atoms with E-state index in [1.54, 1.807) is 11.0 Å². The van der Waals surface area contributed by atoms with Crippen molar-refractivity contribution < 1.29 is 14.3 Å². The van der Waals surface area contributed by atoms with E-state index in [2.05, 4.69) is 11.1 Å². The largest absolute Gasteiger partial charge is 0.493 e. The third-order valence-electron chi connectivity index (χ3n) is 5.39. The van der Waals surface area contributed by atoms with Crippen LogP contribution in [0.3, 0.4) is 0 Å². The number of nitrogens with zero attached hydrogens (tertiary/aromatic N) is 1. The Hall–Kier alpha value is -3.28. The molecule has 6 heteroatoms. The van der Waals surface area contributed by atoms with Crippen LogP contribution in [-0.2, 0) is 17.7 Å². The van der Waals surface area contributed by atoms with Crippen LogP contribution in [0.5, 0.6) is 5.75 Å². The van der Waals surface area contributed by atoms with E-state index in [1.807, 2.05) is 30.3 Å². The summed E-state index contributed by atoms with van der Waals surface area (Å²) >= 11 is 0. The lowest BCUT2D eigenvalue weighted by Gasteiger charge is -2.24. The highest BCUT2D eigenvalue weighted by Gasteiger charge is 2.38. The first-order chi connectivity index (χ1) is 13.2. The fourth-order valence-electron chi connectivity index (χ4n) is 4.11. The van der Waals surface area contributed by atoms with E-state index in [-0.39, 0.29) is 12.0 Å². The average molecular weight is 362 g/mol. The van der Waals surface area contributed by atoms with Crippen molar-refractivity contribution in [3.8, 4) is 5.75 Å². The SMILES string of the molecule is COC(=O)N1Cc2c([nH]c3ccccc3c2=O)C1c1ccc2c(c1)CCO2. The molecule has 27 heavy (non-hydrogen) atoms. The van der Waals surface area contributed by atoms with E-state index in [0.717, 1.165) is 34.5 Å². The fraction of sp³-hybridized carbons (Fsp3) is 0.238. The highest BCUT2D eigenvalue weighted by Crippen LogP contribution is 2.39. The Labute approximate surface area is 155 Å². The van der Waals surface area contributed by atoms with Gasteiger partial charge in [-0.3, -0.25) is 9.69 Å². The van der Waals surface area contributed by atoms with Gasteiger partial charge in [-0.15, -0.1) is 0 Å². The summed E-state index contributed by atoms with van der Waals surface area (Å²) in [5, 5.41) is 0.629. The zero-order valence-electron chi connectivity index (χ0n) is 14.8. The van der Waals surface area contributed by atoms with Gasteiger partial charge in [0, 0.05) is 22.9 Å². The Kier molecular flexibility index (Phi) is 3.47. The molecule has 2 aromatic carbocycles. The van der Waals surface area contributed by atoms with Gasteiger partial charge in [0.2, 0.25) is 0 Å². The number of nitrogens with one attached hydrogen (secondary N) is 1. The van der Waals surface area contributed by atoms with Crippen LogP contribution in [0.15, 0.2) is 47.3 Å². The quantitative estimate of drug-likeness (QED) is 0.722. The highest BCUT2D eigenvalue weighted by molar-refractivity contribution is 5.80. The molecule has 1 unspecified atom stereocenters. The maximum atomic E-state index is 13.0. The van der Waals surface area contributed by atoms with Crippen LogP contribution in [0.1, 0.15) is 28.4 Å². The van der Waals surface area contributed by atoms with Gasteiger partial charge in [0.25, 0.3) is 0 Å². The second-order valence-corrected chi connectivity index (χ2v) is 6.86. The molecule has 0 saturated carbocycles. The van der Waals surface area contributed by atoms with Crippen LogP contribution < -0.4 is 10.2 Å². The maximum absolute atomic E-state index is 13.0. The maximum Gasteiger partial charge on any atom is 0.410 e. The third kappa shape index (κ3) is 2.33. The zero-order chi connectivity index (χ0) is 18.5. The summed E-state index contributed by atoms with van der Waals surface area (Å²) in [5.41, 5.74) is 4.15. The second-order valence-electron chi connectivity index (χ2n) is 6.86. The zero-order valence-corrected chi connectivity index (χ0v) is 14.8. The molecule has 2 aliphatic rings. The molecule has 1 aromatic heterocycles. The van der Waals surface area contributed by atoms with E-state index in [1.165, 1.54) is 7.11 Å². The van der Waals surface area contributed by atoms with Gasteiger partial charge >= 0.3 is 6.09 Å². The number of amides is 1. The minimum Gasteiger partial charge on any atom is -0.493 e. The van der Waals surface area contributed by atoms with Crippen molar-refractivity contribution in [2.45, 2.75) is 19.0 Å². The number of ether oxygens (including phenoxy) is 2.